The average Bonchev–Trinajstić information content (AvgIpc) is 2.92. The lowest BCUT2D eigenvalue weighted by molar-refractivity contribution is 0.660. The van der Waals surface area contributed by atoms with Crippen LogP contribution < -0.4 is 5.73 Å². The summed E-state index contributed by atoms with van der Waals surface area (Å²) in [5, 5.41) is 0.390. The minimum atomic E-state index is -0.765. The molecule has 3 heteroatoms. The summed E-state index contributed by atoms with van der Waals surface area (Å²) in [6.07, 6.45) is 4.70. The van der Waals surface area contributed by atoms with Crippen molar-refractivity contribution in [2.75, 3.05) is 5.75 Å². The molecule has 1 aromatic carbocycles. The highest BCUT2D eigenvalue weighted by atomic mass is 32.2. The molecule has 0 amide bonds. The van der Waals surface area contributed by atoms with Crippen LogP contribution in [-0.2, 0) is 10.8 Å². The lowest BCUT2D eigenvalue weighted by atomic mass is 10.00. The van der Waals surface area contributed by atoms with Crippen LogP contribution in [0.4, 0.5) is 0 Å². The Bertz CT molecular complexity index is 421. The van der Waals surface area contributed by atoms with Gasteiger partial charge in [0.15, 0.2) is 0 Å². The summed E-state index contributed by atoms with van der Waals surface area (Å²) in [6.45, 7) is 4.37. The normalized spacial score (nSPS) is 19.8. The Kier molecular flexibility index (Phi) is 5.17. The molecule has 1 fully saturated rings. The molecular weight excluding hydrogens is 254 g/mol. The van der Waals surface area contributed by atoms with Crippen molar-refractivity contribution >= 4 is 10.8 Å². The van der Waals surface area contributed by atoms with Gasteiger partial charge in [-0.2, -0.15) is 0 Å². The van der Waals surface area contributed by atoms with Crippen molar-refractivity contribution in [3.63, 3.8) is 0 Å². The fraction of sp³-hybridized carbons (Fsp3) is 0.625. The molecule has 2 nitrogen and oxygen atoms in total. The van der Waals surface area contributed by atoms with E-state index in [0.29, 0.717) is 16.9 Å². The summed E-state index contributed by atoms with van der Waals surface area (Å²) in [6, 6.07) is 8.36. The van der Waals surface area contributed by atoms with Gasteiger partial charge in [0.2, 0.25) is 0 Å². The van der Waals surface area contributed by atoms with Crippen molar-refractivity contribution in [1.82, 2.24) is 0 Å². The molecule has 0 spiro atoms. The maximum atomic E-state index is 12.2. The zero-order chi connectivity index (χ0) is 13.8. The Balaban J connectivity index is 1.95. The molecule has 19 heavy (non-hydrogen) atoms. The van der Waals surface area contributed by atoms with E-state index in [1.165, 1.54) is 18.4 Å². The van der Waals surface area contributed by atoms with Crippen LogP contribution in [0.2, 0.25) is 0 Å². The number of benzene rings is 1. The zero-order valence-electron chi connectivity index (χ0n) is 12.0. The highest BCUT2D eigenvalue weighted by Gasteiger charge is 2.23. The van der Waals surface area contributed by atoms with Crippen molar-refractivity contribution in [2.24, 2.45) is 5.73 Å². The van der Waals surface area contributed by atoms with Crippen LogP contribution in [0.3, 0.4) is 0 Å². The van der Waals surface area contributed by atoms with Gasteiger partial charge in [0.25, 0.3) is 0 Å². The van der Waals surface area contributed by atoms with Crippen LogP contribution in [0.25, 0.3) is 0 Å². The molecule has 1 aromatic rings. The first kappa shape index (κ1) is 14.7. The van der Waals surface area contributed by atoms with Gasteiger partial charge in [-0.3, -0.25) is 4.21 Å². The summed E-state index contributed by atoms with van der Waals surface area (Å²) in [5.41, 5.74) is 8.63. The van der Waals surface area contributed by atoms with E-state index in [0.717, 1.165) is 18.4 Å². The van der Waals surface area contributed by atoms with E-state index in [-0.39, 0.29) is 6.04 Å². The molecule has 2 atom stereocenters. The van der Waals surface area contributed by atoms with E-state index in [2.05, 4.69) is 38.1 Å². The largest absolute Gasteiger partial charge is 0.323 e. The molecule has 0 saturated heterocycles. The van der Waals surface area contributed by atoms with Gasteiger partial charge in [0, 0.05) is 27.8 Å². The van der Waals surface area contributed by atoms with Crippen LogP contribution >= 0.6 is 0 Å². The molecule has 0 radical (unpaired) electrons. The van der Waals surface area contributed by atoms with Gasteiger partial charge in [0.1, 0.15) is 0 Å². The Labute approximate surface area is 119 Å². The molecule has 0 heterocycles. The smallest absolute Gasteiger partial charge is 0.0431 e. The van der Waals surface area contributed by atoms with Gasteiger partial charge in [-0.05, 0) is 29.9 Å². The Morgan fingerprint density at radius 1 is 1.16 bits per heavy atom. The Morgan fingerprint density at radius 3 is 2.21 bits per heavy atom. The predicted octanol–water partition coefficient (Wildman–Crippen LogP) is 3.50. The van der Waals surface area contributed by atoms with Gasteiger partial charge in [-0.25, -0.2) is 0 Å². The van der Waals surface area contributed by atoms with Crippen LogP contribution in [0, 0.1) is 0 Å². The molecule has 2 rings (SSSR count). The Morgan fingerprint density at radius 2 is 1.68 bits per heavy atom. The first-order valence-electron chi connectivity index (χ1n) is 7.30. The zero-order valence-corrected chi connectivity index (χ0v) is 12.8. The molecule has 2 N–H and O–H groups in total. The molecule has 1 saturated carbocycles. The molecule has 0 aliphatic heterocycles. The number of hydrogen-bond acceptors (Lipinski definition) is 2. The van der Waals surface area contributed by atoms with E-state index in [1.807, 2.05) is 0 Å². The SMILES string of the molecule is CC(C)c1ccc(C(N)CS(=O)C2CCCC2)cc1. The van der Waals surface area contributed by atoms with E-state index in [1.54, 1.807) is 0 Å². The lowest BCUT2D eigenvalue weighted by Crippen LogP contribution is -2.23. The number of rotatable bonds is 5. The first-order chi connectivity index (χ1) is 9.08. The number of hydrogen-bond donors (Lipinski definition) is 1. The summed E-state index contributed by atoms with van der Waals surface area (Å²) >= 11 is 0. The van der Waals surface area contributed by atoms with E-state index >= 15 is 0 Å². The molecular formula is C16H25NOS. The highest BCUT2D eigenvalue weighted by molar-refractivity contribution is 7.85. The fourth-order valence-corrected chi connectivity index (χ4v) is 4.37. The third-order valence-electron chi connectivity index (χ3n) is 4.05. The van der Waals surface area contributed by atoms with Crippen LogP contribution in [-0.4, -0.2) is 15.2 Å². The maximum Gasteiger partial charge on any atom is 0.0431 e. The van der Waals surface area contributed by atoms with Crippen LogP contribution in [0.1, 0.15) is 62.6 Å². The second kappa shape index (κ2) is 6.67. The highest BCUT2D eigenvalue weighted by Crippen LogP contribution is 2.25. The van der Waals surface area contributed by atoms with Gasteiger partial charge in [-0.1, -0.05) is 51.0 Å². The van der Waals surface area contributed by atoms with Gasteiger partial charge in [0.05, 0.1) is 0 Å². The lowest BCUT2D eigenvalue weighted by Gasteiger charge is -2.16. The third kappa shape index (κ3) is 3.90. The second-order valence-corrected chi connectivity index (χ2v) is 7.64. The fourth-order valence-electron chi connectivity index (χ4n) is 2.69. The van der Waals surface area contributed by atoms with E-state index < -0.39 is 10.8 Å². The quantitative estimate of drug-likeness (QED) is 0.896. The Hall–Kier alpha value is -0.670. The minimum Gasteiger partial charge on any atom is -0.323 e. The van der Waals surface area contributed by atoms with Crippen molar-refractivity contribution in [2.45, 2.75) is 56.7 Å². The average molecular weight is 279 g/mol. The monoisotopic (exact) mass is 279 g/mol. The second-order valence-electron chi connectivity index (χ2n) is 5.88. The van der Waals surface area contributed by atoms with Gasteiger partial charge < -0.3 is 5.73 Å². The summed E-state index contributed by atoms with van der Waals surface area (Å²) in [7, 11) is -0.765. The summed E-state index contributed by atoms with van der Waals surface area (Å²) in [4.78, 5) is 0. The van der Waals surface area contributed by atoms with Crippen molar-refractivity contribution in [1.29, 1.82) is 0 Å². The third-order valence-corrected chi connectivity index (χ3v) is 5.95. The van der Waals surface area contributed by atoms with Crippen LogP contribution in [0.5, 0.6) is 0 Å². The van der Waals surface area contributed by atoms with Crippen molar-refractivity contribution in [3.05, 3.63) is 35.4 Å². The first-order valence-corrected chi connectivity index (χ1v) is 8.68. The molecule has 2 unspecified atom stereocenters. The maximum absolute atomic E-state index is 12.2. The topological polar surface area (TPSA) is 43.1 Å². The standard InChI is InChI=1S/C16H25NOS/c1-12(2)13-7-9-14(10-8-13)16(17)11-19(18)15-5-3-4-6-15/h7-10,12,15-16H,3-6,11,17H2,1-2H3. The van der Waals surface area contributed by atoms with Crippen LogP contribution in [0.15, 0.2) is 24.3 Å². The number of nitrogens with two attached hydrogens (primary N) is 1. The van der Waals surface area contributed by atoms with Gasteiger partial charge in [-0.15, -0.1) is 0 Å². The summed E-state index contributed by atoms with van der Waals surface area (Å²) in [5.74, 6) is 1.14. The molecule has 106 valence electrons. The molecule has 0 bridgehead atoms. The summed E-state index contributed by atoms with van der Waals surface area (Å²) < 4.78 is 12.2. The molecule has 1 aliphatic rings. The predicted molar refractivity (Wildman–Crippen MR) is 82.7 cm³/mol. The van der Waals surface area contributed by atoms with Crippen molar-refractivity contribution in [3.8, 4) is 0 Å². The minimum absolute atomic E-state index is 0.0948. The van der Waals surface area contributed by atoms with Crippen molar-refractivity contribution < 1.29 is 4.21 Å². The molecule has 1 aliphatic carbocycles. The molecule has 0 aromatic heterocycles. The van der Waals surface area contributed by atoms with Gasteiger partial charge >= 0.3 is 0 Å². The van der Waals surface area contributed by atoms with E-state index in [4.69, 9.17) is 5.73 Å². The van der Waals surface area contributed by atoms with E-state index in [9.17, 15) is 4.21 Å².